The maximum absolute atomic E-state index is 14.5. The van der Waals surface area contributed by atoms with Gasteiger partial charge >= 0.3 is 0 Å². The van der Waals surface area contributed by atoms with E-state index in [1.165, 1.54) is 6.92 Å². The van der Waals surface area contributed by atoms with Crippen molar-refractivity contribution >= 4 is 71.0 Å². The fourth-order valence-corrected chi connectivity index (χ4v) is 8.06. The van der Waals surface area contributed by atoms with Crippen LogP contribution in [0.2, 0.25) is 0 Å². The largest absolute Gasteiger partial charge is 0.370 e. The van der Waals surface area contributed by atoms with Crippen LogP contribution in [0.5, 0.6) is 0 Å². The second kappa shape index (κ2) is 36.7. The van der Waals surface area contributed by atoms with E-state index in [0.717, 1.165) is 0 Å². The number of nitrogens with two attached hydrogens (primary N) is 6. The second-order valence-electron chi connectivity index (χ2n) is 19.9. The van der Waals surface area contributed by atoms with Crippen LogP contribution >= 0.6 is 0 Å². The van der Waals surface area contributed by atoms with Crippen molar-refractivity contribution in [2.45, 2.75) is 141 Å². The summed E-state index contributed by atoms with van der Waals surface area (Å²) in [5, 5.41) is 23.7. The van der Waals surface area contributed by atoms with E-state index in [0.29, 0.717) is 43.4 Å². The van der Waals surface area contributed by atoms with E-state index in [-0.39, 0.29) is 69.5 Å². The Hall–Kier alpha value is -8.36. The molecule has 0 aliphatic heterocycles. The lowest BCUT2D eigenvalue weighted by atomic mass is 9.98. The van der Waals surface area contributed by atoms with Crippen molar-refractivity contribution in [2.24, 2.45) is 56.2 Å². The molecule has 0 fully saturated rings. The number of hydrogen-bond acceptors (Lipinski definition) is 13. The van der Waals surface area contributed by atoms with Gasteiger partial charge in [-0.1, -0.05) is 88.4 Å². The topological polar surface area (TPSA) is 460 Å². The van der Waals surface area contributed by atoms with E-state index in [4.69, 9.17) is 34.4 Å². The first-order valence-electron chi connectivity index (χ1n) is 26.7. The summed E-state index contributed by atoms with van der Waals surface area (Å²) in [5.41, 5.74) is 33.9. The van der Waals surface area contributed by atoms with E-state index < -0.39 is 120 Å². The van der Waals surface area contributed by atoms with Gasteiger partial charge in [-0.2, -0.15) is 0 Å². The summed E-state index contributed by atoms with van der Waals surface area (Å²) >= 11 is 0. The molecule has 0 aliphatic carbocycles. The minimum atomic E-state index is -1.33. The van der Waals surface area contributed by atoms with Gasteiger partial charge in [0.2, 0.25) is 59.1 Å². The van der Waals surface area contributed by atoms with Crippen molar-refractivity contribution in [1.82, 2.24) is 47.9 Å². The predicted molar refractivity (Wildman–Crippen MR) is 302 cm³/mol. The van der Waals surface area contributed by atoms with Crippen LogP contribution in [0, 0.1) is 11.8 Å². The highest BCUT2D eigenvalue weighted by Crippen LogP contribution is 2.13. The van der Waals surface area contributed by atoms with Crippen LogP contribution in [-0.2, 0) is 60.8 Å². The molecule has 21 N–H and O–H groups in total. The number of carbonyl (C=O) groups excluding carboxylic acids is 10. The molecule has 27 heteroatoms. The Bertz CT molecular complexity index is 2400. The monoisotopic (exact) mass is 1120 g/mol. The molecule has 442 valence electrons. The molecule has 0 radical (unpaired) electrons. The lowest BCUT2D eigenvalue weighted by Gasteiger charge is -2.29. The standard InChI is InChI=1S/C53H85N17O10/c1-31(2)26-39(48(77)67-38(20-12-13-23-54)47(76)63-29-42(72)65-36(45(55)74)21-14-24-60-52(56)57)69-51(80)44(32(3)4)70-50(79)41(28-35-18-10-7-11-19-35)68-49(78)40(27-34-16-8-6-9-17-34)66-43(73)30-62-46(75)37(64-33(5)71)22-15-25-61-53(58)59/h6-11,16-19,31-32,36-41,44H,12-15,20-30,54H2,1-5H3,(H2,55,74)(H,62,75)(H,63,76)(H,64,71)(H,65,72)(H,66,73)(H,67,77)(H,68,78)(H,69,80)(H,70,79)(H4,56,57,60)(H4,58,59,61)/t36-,37-,38-,39-,40-,41-,44-/m1/s1. The van der Waals surface area contributed by atoms with Gasteiger partial charge in [0, 0.05) is 32.9 Å². The van der Waals surface area contributed by atoms with Gasteiger partial charge in [-0.15, -0.1) is 0 Å². The van der Waals surface area contributed by atoms with E-state index in [1.54, 1.807) is 74.5 Å². The molecule has 2 aromatic carbocycles. The average molecular weight is 1120 g/mol. The van der Waals surface area contributed by atoms with Gasteiger partial charge in [0.1, 0.15) is 42.3 Å². The maximum Gasteiger partial charge on any atom is 0.243 e. The van der Waals surface area contributed by atoms with Crippen molar-refractivity contribution in [1.29, 1.82) is 0 Å². The quantitative estimate of drug-likeness (QED) is 0.0178. The Labute approximate surface area is 467 Å². The SMILES string of the molecule is CC(=O)N[C@H](CCCN=C(N)N)C(=O)NCC(=O)N[C@H](Cc1ccccc1)C(=O)N[C@H](Cc1ccccc1)C(=O)N[C@@H](C(=O)N[C@H](CC(C)C)C(=O)N[C@H](CCCCN)C(=O)NCC(=O)N[C@H](CCCN=C(N)N)C(N)=O)C(C)C. The third kappa shape index (κ3) is 27.8. The number of unbranched alkanes of at least 4 members (excludes halogenated alkanes) is 1. The lowest BCUT2D eigenvalue weighted by Crippen LogP contribution is -2.61. The first kappa shape index (κ1) is 67.7. The number of primary amides is 1. The van der Waals surface area contributed by atoms with Crippen LogP contribution in [0.1, 0.15) is 97.1 Å². The minimum Gasteiger partial charge on any atom is -0.370 e. The Morgan fingerprint density at radius 3 is 1.32 bits per heavy atom. The summed E-state index contributed by atoms with van der Waals surface area (Å²) < 4.78 is 0. The zero-order valence-electron chi connectivity index (χ0n) is 46.5. The molecule has 0 unspecified atom stereocenters. The Balaban J connectivity index is 2.35. The summed E-state index contributed by atoms with van der Waals surface area (Å²) in [5.74, 6) is -8.18. The predicted octanol–water partition coefficient (Wildman–Crippen LogP) is -3.46. The molecule has 0 saturated carbocycles. The lowest BCUT2D eigenvalue weighted by molar-refractivity contribution is -0.136. The summed E-state index contributed by atoms with van der Waals surface area (Å²) in [6.07, 6.45) is 1.97. The molecule has 0 spiro atoms. The number of nitrogens with one attached hydrogen (secondary N) is 9. The maximum atomic E-state index is 14.5. The summed E-state index contributed by atoms with van der Waals surface area (Å²) in [6.45, 7) is 7.76. The van der Waals surface area contributed by atoms with Crippen LogP contribution < -0.4 is 82.3 Å². The molecule has 0 aromatic heterocycles. The Kier molecular flexibility index (Phi) is 31.1. The summed E-state index contributed by atoms with van der Waals surface area (Å²) in [7, 11) is 0. The van der Waals surface area contributed by atoms with Crippen LogP contribution in [0.4, 0.5) is 0 Å². The highest BCUT2D eigenvalue weighted by molar-refractivity contribution is 5.98. The van der Waals surface area contributed by atoms with Crippen molar-refractivity contribution < 1.29 is 47.9 Å². The normalized spacial score (nSPS) is 13.5. The van der Waals surface area contributed by atoms with Gasteiger partial charge < -0.3 is 82.3 Å². The average Bonchev–Trinajstić information content (AvgIpc) is 3.39. The highest BCUT2D eigenvalue weighted by atomic mass is 16.2. The first-order chi connectivity index (χ1) is 37.9. The summed E-state index contributed by atoms with van der Waals surface area (Å²) in [4.78, 5) is 142. The van der Waals surface area contributed by atoms with Crippen molar-refractivity contribution in [3.63, 3.8) is 0 Å². The fraction of sp³-hybridized carbons (Fsp3) is 0.547. The van der Waals surface area contributed by atoms with Crippen LogP contribution in [0.25, 0.3) is 0 Å². The number of amides is 10. The zero-order valence-corrected chi connectivity index (χ0v) is 46.5. The molecule has 7 atom stereocenters. The number of hydrogen-bond donors (Lipinski definition) is 15. The fourth-order valence-electron chi connectivity index (χ4n) is 8.06. The number of rotatable bonds is 37. The smallest absolute Gasteiger partial charge is 0.243 e. The Morgan fingerprint density at radius 1 is 0.463 bits per heavy atom. The van der Waals surface area contributed by atoms with E-state index in [1.807, 2.05) is 13.8 Å². The van der Waals surface area contributed by atoms with Gasteiger partial charge in [0.25, 0.3) is 0 Å². The Morgan fingerprint density at radius 2 is 0.875 bits per heavy atom. The van der Waals surface area contributed by atoms with Crippen LogP contribution in [-0.4, -0.2) is 146 Å². The first-order valence-corrected chi connectivity index (χ1v) is 26.7. The molecule has 2 rings (SSSR count). The minimum absolute atomic E-state index is 0.0342. The second-order valence-corrected chi connectivity index (χ2v) is 19.9. The van der Waals surface area contributed by atoms with Gasteiger partial charge in [-0.05, 0) is 80.9 Å². The van der Waals surface area contributed by atoms with Crippen LogP contribution in [0.3, 0.4) is 0 Å². The van der Waals surface area contributed by atoms with Crippen molar-refractivity contribution in [3.8, 4) is 0 Å². The zero-order chi connectivity index (χ0) is 59.7. The number of nitrogens with zero attached hydrogens (tertiary/aromatic N) is 2. The van der Waals surface area contributed by atoms with Gasteiger partial charge in [-0.3, -0.25) is 57.9 Å². The molecule has 10 amide bonds. The molecule has 27 nitrogen and oxygen atoms in total. The number of benzene rings is 2. The highest BCUT2D eigenvalue weighted by Gasteiger charge is 2.35. The third-order valence-electron chi connectivity index (χ3n) is 12.1. The van der Waals surface area contributed by atoms with E-state index in [9.17, 15) is 47.9 Å². The molecule has 0 saturated heterocycles. The van der Waals surface area contributed by atoms with E-state index >= 15 is 0 Å². The van der Waals surface area contributed by atoms with Gasteiger partial charge in [-0.25, -0.2) is 0 Å². The van der Waals surface area contributed by atoms with Crippen LogP contribution in [0.15, 0.2) is 70.6 Å². The molecule has 80 heavy (non-hydrogen) atoms. The number of carbonyl (C=O) groups is 10. The van der Waals surface area contributed by atoms with Crippen molar-refractivity contribution in [3.05, 3.63) is 71.8 Å². The third-order valence-corrected chi connectivity index (χ3v) is 12.1. The molecular weight excluding hydrogens is 1030 g/mol. The molecular formula is C53H85N17O10. The molecule has 0 heterocycles. The van der Waals surface area contributed by atoms with Gasteiger partial charge in [0.15, 0.2) is 11.9 Å². The molecule has 0 aliphatic rings. The summed E-state index contributed by atoms with van der Waals surface area (Å²) in [6, 6.07) is 9.12. The molecule has 0 bridgehead atoms. The van der Waals surface area contributed by atoms with Gasteiger partial charge in [0.05, 0.1) is 13.1 Å². The molecule has 2 aromatic rings. The number of aliphatic imine (C=N–C) groups is 2. The number of guanidine groups is 2. The van der Waals surface area contributed by atoms with E-state index in [2.05, 4.69) is 57.8 Å². The van der Waals surface area contributed by atoms with Crippen molar-refractivity contribution in [2.75, 3.05) is 32.7 Å².